The largest absolute Gasteiger partial charge is 0.332 e. The molecule has 0 aromatic heterocycles. The molecule has 1 fully saturated rings. The summed E-state index contributed by atoms with van der Waals surface area (Å²) in [6, 6.07) is 10.2. The van der Waals surface area contributed by atoms with Crippen molar-refractivity contribution in [3.05, 3.63) is 35.9 Å². The zero-order chi connectivity index (χ0) is 14.1. The average Bonchev–Trinajstić information content (AvgIpc) is 2.40. The van der Waals surface area contributed by atoms with Crippen molar-refractivity contribution in [2.75, 3.05) is 6.54 Å². The number of nitrogens with zero attached hydrogens (tertiary/aromatic N) is 1. The smallest absolute Gasteiger partial charge is 0.225 e. The molecule has 1 heterocycles. The summed E-state index contributed by atoms with van der Waals surface area (Å²) in [6.45, 7) is 9.94. The van der Waals surface area contributed by atoms with Crippen LogP contribution in [0.4, 0.5) is 0 Å². The summed E-state index contributed by atoms with van der Waals surface area (Å²) in [6.07, 6.45) is 0.545. The van der Waals surface area contributed by atoms with Crippen molar-refractivity contribution in [1.29, 1.82) is 0 Å². The van der Waals surface area contributed by atoms with Crippen molar-refractivity contribution in [1.82, 2.24) is 10.2 Å². The predicted molar refractivity (Wildman–Crippen MR) is 77.8 cm³/mol. The third-order valence-corrected chi connectivity index (χ3v) is 3.81. The summed E-state index contributed by atoms with van der Waals surface area (Å²) in [5.74, 6) is 0.226. The number of nitrogens with one attached hydrogen (secondary N) is 1. The Hall–Kier alpha value is -1.35. The van der Waals surface area contributed by atoms with Gasteiger partial charge in [0, 0.05) is 25.0 Å². The van der Waals surface area contributed by atoms with Gasteiger partial charge in [-0.05, 0) is 33.3 Å². The number of benzene rings is 1. The first kappa shape index (κ1) is 14.1. The van der Waals surface area contributed by atoms with Gasteiger partial charge in [-0.3, -0.25) is 4.79 Å². The van der Waals surface area contributed by atoms with Gasteiger partial charge in [-0.1, -0.05) is 30.3 Å². The molecule has 0 aliphatic carbocycles. The fraction of sp³-hybridized carbons (Fsp3) is 0.562. The molecule has 1 aliphatic heterocycles. The van der Waals surface area contributed by atoms with Crippen LogP contribution >= 0.6 is 0 Å². The Morgan fingerprint density at radius 3 is 2.42 bits per heavy atom. The van der Waals surface area contributed by atoms with E-state index in [1.807, 2.05) is 23.1 Å². The van der Waals surface area contributed by atoms with E-state index in [4.69, 9.17) is 0 Å². The Kier molecular flexibility index (Phi) is 3.68. The monoisotopic (exact) mass is 260 g/mol. The Morgan fingerprint density at radius 1 is 1.16 bits per heavy atom. The second-order valence-corrected chi connectivity index (χ2v) is 6.69. The van der Waals surface area contributed by atoms with Crippen LogP contribution in [0.3, 0.4) is 0 Å². The molecule has 1 saturated heterocycles. The SMILES string of the molecule is CC1(C)CC(=O)N(Cc2ccccc2)C(C)(C)CN1. The molecule has 104 valence electrons. The summed E-state index contributed by atoms with van der Waals surface area (Å²) in [7, 11) is 0. The van der Waals surface area contributed by atoms with E-state index in [2.05, 4.69) is 45.1 Å². The fourth-order valence-corrected chi connectivity index (χ4v) is 2.49. The van der Waals surface area contributed by atoms with E-state index in [1.165, 1.54) is 5.56 Å². The highest BCUT2D eigenvalue weighted by Gasteiger charge is 2.38. The topological polar surface area (TPSA) is 32.3 Å². The fourth-order valence-electron chi connectivity index (χ4n) is 2.49. The first-order valence-electron chi connectivity index (χ1n) is 6.90. The Balaban J connectivity index is 2.23. The molecular weight excluding hydrogens is 236 g/mol. The molecule has 0 bridgehead atoms. The maximum absolute atomic E-state index is 12.5. The number of hydrogen-bond donors (Lipinski definition) is 1. The number of amides is 1. The molecule has 0 spiro atoms. The van der Waals surface area contributed by atoms with Crippen LogP contribution in [0.25, 0.3) is 0 Å². The summed E-state index contributed by atoms with van der Waals surface area (Å²) >= 11 is 0. The van der Waals surface area contributed by atoms with Crippen LogP contribution in [0.2, 0.25) is 0 Å². The Labute approximate surface area is 116 Å². The maximum atomic E-state index is 12.5. The van der Waals surface area contributed by atoms with Gasteiger partial charge >= 0.3 is 0 Å². The molecule has 1 aromatic carbocycles. The molecule has 3 nitrogen and oxygen atoms in total. The quantitative estimate of drug-likeness (QED) is 0.886. The molecule has 1 N–H and O–H groups in total. The van der Waals surface area contributed by atoms with Crippen molar-refractivity contribution in [3.63, 3.8) is 0 Å². The molecule has 0 radical (unpaired) electrons. The molecule has 19 heavy (non-hydrogen) atoms. The van der Waals surface area contributed by atoms with Crippen LogP contribution in [0.15, 0.2) is 30.3 Å². The summed E-state index contributed by atoms with van der Waals surface area (Å²) < 4.78 is 0. The number of rotatable bonds is 2. The van der Waals surface area contributed by atoms with Gasteiger partial charge in [-0.25, -0.2) is 0 Å². The molecule has 1 aromatic rings. The van der Waals surface area contributed by atoms with Crippen molar-refractivity contribution in [2.24, 2.45) is 0 Å². The minimum absolute atomic E-state index is 0.125. The lowest BCUT2D eigenvalue weighted by atomic mass is 10.0. The highest BCUT2D eigenvalue weighted by Crippen LogP contribution is 2.25. The summed E-state index contributed by atoms with van der Waals surface area (Å²) in [5, 5.41) is 3.49. The standard InChI is InChI=1S/C16H24N2O/c1-15(2)10-14(19)18(16(3,4)12-17-15)11-13-8-6-5-7-9-13/h5-9,17H,10-12H2,1-4H3. The Bertz CT molecular complexity index is 451. The number of hydrogen-bond acceptors (Lipinski definition) is 2. The van der Waals surface area contributed by atoms with E-state index in [-0.39, 0.29) is 17.0 Å². The molecule has 3 heteroatoms. The highest BCUT2D eigenvalue weighted by atomic mass is 16.2. The zero-order valence-corrected chi connectivity index (χ0v) is 12.4. The van der Waals surface area contributed by atoms with Gasteiger partial charge in [0.05, 0.1) is 5.54 Å². The third kappa shape index (κ3) is 3.35. The lowest BCUT2D eigenvalue weighted by Gasteiger charge is -2.37. The third-order valence-electron chi connectivity index (χ3n) is 3.81. The van der Waals surface area contributed by atoms with Crippen molar-refractivity contribution >= 4 is 5.91 Å². The second-order valence-electron chi connectivity index (χ2n) is 6.69. The molecule has 1 aliphatic rings. The number of carbonyl (C=O) groups is 1. The van der Waals surface area contributed by atoms with Gasteiger partial charge in [0.1, 0.15) is 0 Å². The minimum Gasteiger partial charge on any atom is -0.332 e. The van der Waals surface area contributed by atoms with Crippen LogP contribution in [0.5, 0.6) is 0 Å². The van der Waals surface area contributed by atoms with Crippen LogP contribution in [-0.4, -0.2) is 28.4 Å². The summed E-state index contributed by atoms with van der Waals surface area (Å²) in [4.78, 5) is 14.5. The van der Waals surface area contributed by atoms with Crippen molar-refractivity contribution < 1.29 is 4.79 Å². The van der Waals surface area contributed by atoms with E-state index in [9.17, 15) is 4.79 Å². The molecule has 0 unspecified atom stereocenters. The normalized spacial score (nSPS) is 22.1. The van der Waals surface area contributed by atoms with Crippen LogP contribution in [0, 0.1) is 0 Å². The molecule has 2 rings (SSSR count). The Morgan fingerprint density at radius 2 is 1.79 bits per heavy atom. The minimum atomic E-state index is -0.166. The van der Waals surface area contributed by atoms with E-state index < -0.39 is 0 Å². The zero-order valence-electron chi connectivity index (χ0n) is 12.4. The van der Waals surface area contributed by atoms with Gasteiger partial charge < -0.3 is 10.2 Å². The molecule has 0 atom stereocenters. The van der Waals surface area contributed by atoms with Crippen molar-refractivity contribution in [3.8, 4) is 0 Å². The first-order chi connectivity index (χ1) is 8.80. The lowest BCUT2D eigenvalue weighted by molar-refractivity contribution is -0.136. The summed E-state index contributed by atoms with van der Waals surface area (Å²) in [5.41, 5.74) is 0.893. The number of carbonyl (C=O) groups excluding carboxylic acids is 1. The van der Waals surface area contributed by atoms with E-state index in [0.717, 1.165) is 6.54 Å². The first-order valence-corrected chi connectivity index (χ1v) is 6.90. The molecular formula is C16H24N2O. The molecule has 0 saturated carbocycles. The van der Waals surface area contributed by atoms with Crippen molar-refractivity contribution in [2.45, 2.75) is 51.7 Å². The predicted octanol–water partition coefficient (Wildman–Crippen LogP) is 2.57. The highest BCUT2D eigenvalue weighted by molar-refractivity contribution is 5.78. The van der Waals surface area contributed by atoms with Gasteiger partial charge in [-0.15, -0.1) is 0 Å². The van der Waals surface area contributed by atoms with E-state index >= 15 is 0 Å². The van der Waals surface area contributed by atoms with Crippen LogP contribution in [0.1, 0.15) is 39.7 Å². The van der Waals surface area contributed by atoms with Gasteiger partial charge in [0.15, 0.2) is 0 Å². The van der Waals surface area contributed by atoms with Gasteiger partial charge in [-0.2, -0.15) is 0 Å². The maximum Gasteiger partial charge on any atom is 0.225 e. The second kappa shape index (κ2) is 4.97. The van der Waals surface area contributed by atoms with Crippen LogP contribution < -0.4 is 5.32 Å². The van der Waals surface area contributed by atoms with Gasteiger partial charge in [0.25, 0.3) is 0 Å². The molecule has 1 amide bonds. The van der Waals surface area contributed by atoms with E-state index in [0.29, 0.717) is 13.0 Å². The van der Waals surface area contributed by atoms with Crippen LogP contribution in [-0.2, 0) is 11.3 Å². The van der Waals surface area contributed by atoms with E-state index in [1.54, 1.807) is 0 Å². The lowest BCUT2D eigenvalue weighted by Crippen LogP contribution is -2.50. The van der Waals surface area contributed by atoms with Gasteiger partial charge in [0.2, 0.25) is 5.91 Å². The average molecular weight is 260 g/mol.